The predicted molar refractivity (Wildman–Crippen MR) is 82.3 cm³/mol. The van der Waals surface area contributed by atoms with Crippen molar-refractivity contribution < 1.29 is 9.53 Å². The highest BCUT2D eigenvalue weighted by atomic mass is 32.1. The standard InChI is InChI=1S/C16H19NO2S/c1-11-7-12(2)9-14(8-11)19-10-16(18)17-13(3)15-5-4-6-20-15/h4-9,13H,10H2,1-3H3,(H,17,18)/t13-/m1/s1. The lowest BCUT2D eigenvalue weighted by Gasteiger charge is -2.13. The van der Waals surface area contributed by atoms with Crippen LogP contribution in [0.25, 0.3) is 0 Å². The second kappa shape index (κ2) is 6.57. The Morgan fingerprint density at radius 1 is 1.30 bits per heavy atom. The number of carbonyl (C=O) groups is 1. The summed E-state index contributed by atoms with van der Waals surface area (Å²) in [6.07, 6.45) is 0. The van der Waals surface area contributed by atoms with Crippen molar-refractivity contribution in [3.05, 3.63) is 51.7 Å². The molecule has 2 aromatic rings. The third kappa shape index (κ3) is 4.10. The van der Waals surface area contributed by atoms with Gasteiger partial charge in [-0.2, -0.15) is 0 Å². The van der Waals surface area contributed by atoms with E-state index in [1.807, 2.05) is 50.4 Å². The molecule has 0 saturated carbocycles. The van der Waals surface area contributed by atoms with Crippen LogP contribution >= 0.6 is 11.3 Å². The molecule has 1 atom stereocenters. The molecule has 0 unspecified atom stereocenters. The van der Waals surface area contributed by atoms with Crippen molar-refractivity contribution in [1.82, 2.24) is 5.32 Å². The maximum Gasteiger partial charge on any atom is 0.258 e. The molecule has 3 nitrogen and oxygen atoms in total. The molecule has 0 fully saturated rings. The van der Waals surface area contributed by atoms with Gasteiger partial charge in [0.15, 0.2) is 6.61 Å². The summed E-state index contributed by atoms with van der Waals surface area (Å²) in [5.74, 6) is 0.631. The molecule has 0 spiro atoms. The number of amides is 1. The molecule has 2 rings (SSSR count). The van der Waals surface area contributed by atoms with Crippen LogP contribution in [0.3, 0.4) is 0 Å². The number of aryl methyl sites for hydroxylation is 2. The third-order valence-corrected chi connectivity index (χ3v) is 3.97. The van der Waals surface area contributed by atoms with Crippen molar-refractivity contribution in [3.63, 3.8) is 0 Å². The molecule has 1 aromatic heterocycles. The monoisotopic (exact) mass is 289 g/mol. The predicted octanol–water partition coefficient (Wildman–Crippen LogP) is 3.62. The Morgan fingerprint density at radius 3 is 2.60 bits per heavy atom. The quantitative estimate of drug-likeness (QED) is 0.913. The number of nitrogens with one attached hydrogen (secondary N) is 1. The highest BCUT2D eigenvalue weighted by Gasteiger charge is 2.10. The molecule has 0 radical (unpaired) electrons. The van der Waals surface area contributed by atoms with Crippen LogP contribution in [0.4, 0.5) is 0 Å². The zero-order valence-electron chi connectivity index (χ0n) is 12.0. The summed E-state index contributed by atoms with van der Waals surface area (Å²) < 4.78 is 5.54. The van der Waals surface area contributed by atoms with Gasteiger partial charge in [0.05, 0.1) is 6.04 Å². The largest absolute Gasteiger partial charge is 0.484 e. The normalized spacial score (nSPS) is 11.9. The van der Waals surface area contributed by atoms with Crippen molar-refractivity contribution in [2.24, 2.45) is 0 Å². The summed E-state index contributed by atoms with van der Waals surface area (Å²) in [7, 11) is 0. The average Bonchev–Trinajstić information content (AvgIpc) is 2.89. The molecule has 0 aliphatic heterocycles. The number of hydrogen-bond donors (Lipinski definition) is 1. The first-order valence-electron chi connectivity index (χ1n) is 6.58. The summed E-state index contributed by atoms with van der Waals surface area (Å²) >= 11 is 1.64. The van der Waals surface area contributed by atoms with E-state index in [1.165, 1.54) is 0 Å². The van der Waals surface area contributed by atoms with E-state index in [0.29, 0.717) is 0 Å². The zero-order valence-corrected chi connectivity index (χ0v) is 12.8. The number of carbonyl (C=O) groups excluding carboxylic acids is 1. The lowest BCUT2D eigenvalue weighted by atomic mass is 10.1. The molecule has 0 bridgehead atoms. The first-order valence-corrected chi connectivity index (χ1v) is 7.46. The van der Waals surface area contributed by atoms with Crippen LogP contribution in [-0.4, -0.2) is 12.5 Å². The molecule has 0 aliphatic rings. The molecular weight excluding hydrogens is 270 g/mol. The van der Waals surface area contributed by atoms with Crippen LogP contribution < -0.4 is 10.1 Å². The SMILES string of the molecule is Cc1cc(C)cc(OCC(=O)N[C@H](C)c2cccs2)c1. The van der Waals surface area contributed by atoms with Gasteiger partial charge in [-0.1, -0.05) is 12.1 Å². The zero-order chi connectivity index (χ0) is 14.5. The minimum Gasteiger partial charge on any atom is -0.484 e. The van der Waals surface area contributed by atoms with Crippen LogP contribution in [0, 0.1) is 13.8 Å². The average molecular weight is 289 g/mol. The summed E-state index contributed by atoms with van der Waals surface area (Å²) in [5.41, 5.74) is 2.26. The Bertz CT molecular complexity index is 558. The second-order valence-corrected chi connectivity index (χ2v) is 5.90. The maximum atomic E-state index is 11.9. The van der Waals surface area contributed by atoms with Crippen LogP contribution in [0.15, 0.2) is 35.7 Å². The summed E-state index contributed by atoms with van der Waals surface area (Å²) in [6.45, 7) is 6.04. The van der Waals surface area contributed by atoms with Crippen molar-refractivity contribution in [3.8, 4) is 5.75 Å². The minimum absolute atomic E-state index is 0.0188. The van der Waals surface area contributed by atoms with E-state index in [4.69, 9.17) is 4.74 Å². The van der Waals surface area contributed by atoms with Gasteiger partial charge in [0.2, 0.25) is 0 Å². The molecular formula is C16H19NO2S. The Kier molecular flexibility index (Phi) is 4.79. The van der Waals surface area contributed by atoms with E-state index in [1.54, 1.807) is 11.3 Å². The van der Waals surface area contributed by atoms with Gasteiger partial charge >= 0.3 is 0 Å². The van der Waals surface area contributed by atoms with E-state index < -0.39 is 0 Å². The van der Waals surface area contributed by atoms with Crippen LogP contribution in [0.2, 0.25) is 0 Å². The highest BCUT2D eigenvalue weighted by molar-refractivity contribution is 7.10. The van der Waals surface area contributed by atoms with Gasteiger partial charge in [-0.05, 0) is 55.5 Å². The molecule has 1 N–H and O–H groups in total. The smallest absolute Gasteiger partial charge is 0.258 e. The molecule has 4 heteroatoms. The van der Waals surface area contributed by atoms with Crippen molar-refractivity contribution in [2.45, 2.75) is 26.8 Å². The van der Waals surface area contributed by atoms with Gasteiger partial charge in [-0.15, -0.1) is 11.3 Å². The Labute approximate surface area is 123 Å². The van der Waals surface area contributed by atoms with Crippen LogP contribution in [0.5, 0.6) is 5.75 Å². The van der Waals surface area contributed by atoms with Crippen molar-refractivity contribution in [1.29, 1.82) is 0 Å². The molecule has 0 aliphatic carbocycles. The Morgan fingerprint density at radius 2 is 2.00 bits per heavy atom. The summed E-state index contributed by atoms with van der Waals surface area (Å²) in [6, 6.07) is 9.96. The number of ether oxygens (including phenoxy) is 1. The first-order chi connectivity index (χ1) is 9.54. The molecule has 1 aromatic carbocycles. The van der Waals surface area contributed by atoms with E-state index in [-0.39, 0.29) is 18.6 Å². The summed E-state index contributed by atoms with van der Waals surface area (Å²) in [5, 5.41) is 4.93. The second-order valence-electron chi connectivity index (χ2n) is 4.92. The topological polar surface area (TPSA) is 38.3 Å². The fourth-order valence-corrected chi connectivity index (χ4v) is 2.79. The highest BCUT2D eigenvalue weighted by Crippen LogP contribution is 2.18. The lowest BCUT2D eigenvalue weighted by molar-refractivity contribution is -0.123. The van der Waals surface area contributed by atoms with E-state index >= 15 is 0 Å². The van der Waals surface area contributed by atoms with Gasteiger partial charge in [0, 0.05) is 4.88 Å². The molecule has 0 saturated heterocycles. The Hall–Kier alpha value is -1.81. The van der Waals surface area contributed by atoms with Crippen LogP contribution in [0.1, 0.15) is 29.0 Å². The van der Waals surface area contributed by atoms with Gasteiger partial charge in [-0.25, -0.2) is 0 Å². The number of hydrogen-bond acceptors (Lipinski definition) is 3. The maximum absolute atomic E-state index is 11.9. The molecule has 106 valence electrons. The van der Waals surface area contributed by atoms with E-state index in [9.17, 15) is 4.79 Å². The lowest BCUT2D eigenvalue weighted by Crippen LogP contribution is -2.30. The van der Waals surface area contributed by atoms with Gasteiger partial charge in [0.1, 0.15) is 5.75 Å². The van der Waals surface area contributed by atoms with Crippen LogP contribution in [-0.2, 0) is 4.79 Å². The molecule has 1 amide bonds. The molecule has 1 heterocycles. The third-order valence-electron chi connectivity index (χ3n) is 2.91. The number of rotatable bonds is 5. The summed E-state index contributed by atoms with van der Waals surface area (Å²) in [4.78, 5) is 13.0. The van der Waals surface area contributed by atoms with E-state index in [2.05, 4.69) is 11.4 Å². The van der Waals surface area contributed by atoms with Crippen molar-refractivity contribution in [2.75, 3.05) is 6.61 Å². The van der Waals surface area contributed by atoms with Gasteiger partial charge < -0.3 is 10.1 Å². The number of benzene rings is 1. The van der Waals surface area contributed by atoms with Crippen molar-refractivity contribution >= 4 is 17.2 Å². The first kappa shape index (κ1) is 14.6. The minimum atomic E-state index is -0.106. The van der Waals surface area contributed by atoms with Gasteiger partial charge in [-0.3, -0.25) is 4.79 Å². The van der Waals surface area contributed by atoms with Gasteiger partial charge in [0.25, 0.3) is 5.91 Å². The molecule has 20 heavy (non-hydrogen) atoms. The Balaban J connectivity index is 1.86. The fraction of sp³-hybridized carbons (Fsp3) is 0.312. The number of thiophene rings is 1. The fourth-order valence-electron chi connectivity index (χ4n) is 2.06. The van der Waals surface area contributed by atoms with E-state index in [0.717, 1.165) is 21.8 Å².